The van der Waals surface area contributed by atoms with Crippen molar-refractivity contribution in [2.45, 2.75) is 39.5 Å². The summed E-state index contributed by atoms with van der Waals surface area (Å²) < 4.78 is 0. The Bertz CT molecular complexity index is 1010. The van der Waals surface area contributed by atoms with Crippen molar-refractivity contribution in [3.05, 3.63) is 66.0 Å². The van der Waals surface area contributed by atoms with Gasteiger partial charge in [-0.3, -0.25) is 4.79 Å². The minimum Gasteiger partial charge on any atom is -0.340 e. The minimum absolute atomic E-state index is 0.131. The number of anilines is 5. The normalized spacial score (nSPS) is 13.8. The summed E-state index contributed by atoms with van der Waals surface area (Å²) in [5, 5.41) is 9.65. The van der Waals surface area contributed by atoms with Gasteiger partial charge in [0.05, 0.1) is 0 Å². The lowest BCUT2D eigenvalue weighted by Crippen LogP contribution is -2.20. The summed E-state index contributed by atoms with van der Waals surface area (Å²) in [5.74, 6) is 2.40. The summed E-state index contributed by atoms with van der Waals surface area (Å²) in [4.78, 5) is 21.2. The van der Waals surface area contributed by atoms with E-state index in [1.807, 2.05) is 49.4 Å². The van der Waals surface area contributed by atoms with Crippen molar-refractivity contribution in [2.24, 2.45) is 5.92 Å². The number of carbonyl (C=O) groups is 1. The van der Waals surface area contributed by atoms with Crippen LogP contribution in [-0.2, 0) is 4.79 Å². The van der Waals surface area contributed by atoms with Crippen molar-refractivity contribution in [2.75, 3.05) is 16.0 Å². The van der Waals surface area contributed by atoms with Gasteiger partial charge < -0.3 is 16.0 Å². The Hall–Kier alpha value is -3.41. The minimum atomic E-state index is 0.131. The Kier molecular flexibility index (Phi) is 5.93. The number of rotatable bonds is 6. The van der Waals surface area contributed by atoms with E-state index in [9.17, 15) is 4.79 Å². The van der Waals surface area contributed by atoms with Crippen LogP contribution in [0.1, 0.15) is 37.1 Å². The van der Waals surface area contributed by atoms with Crippen LogP contribution in [0.5, 0.6) is 0 Å². The number of benzene rings is 2. The molecule has 0 aliphatic heterocycles. The second-order valence-electron chi connectivity index (χ2n) is 7.85. The van der Waals surface area contributed by atoms with E-state index in [-0.39, 0.29) is 11.8 Å². The number of amides is 1. The monoisotopic (exact) mass is 401 g/mol. The topological polar surface area (TPSA) is 78.9 Å². The molecule has 3 aromatic rings. The number of carbonyl (C=O) groups excluding carboxylic acids is 1. The van der Waals surface area contributed by atoms with Crippen LogP contribution in [0.25, 0.3) is 0 Å². The number of aryl methyl sites for hydroxylation is 2. The van der Waals surface area contributed by atoms with Crippen molar-refractivity contribution in [1.82, 2.24) is 9.97 Å². The highest BCUT2D eigenvalue weighted by Gasteiger charge is 2.22. The average molecular weight is 402 g/mol. The molecule has 0 atom stereocenters. The van der Waals surface area contributed by atoms with Crippen LogP contribution in [0, 0.1) is 19.8 Å². The SMILES string of the molecule is Cc1ccc(Nc2cc(Nc3ccc(NC(=O)C4CCCC4)cc3)nc(C)n2)cc1. The zero-order chi connectivity index (χ0) is 20.9. The molecule has 6 heteroatoms. The van der Waals surface area contributed by atoms with Gasteiger partial charge in [0.1, 0.15) is 17.5 Å². The highest BCUT2D eigenvalue weighted by Crippen LogP contribution is 2.27. The number of aromatic nitrogens is 2. The maximum atomic E-state index is 12.3. The van der Waals surface area contributed by atoms with Crippen LogP contribution < -0.4 is 16.0 Å². The molecule has 4 rings (SSSR count). The molecule has 1 aliphatic rings. The largest absolute Gasteiger partial charge is 0.340 e. The summed E-state index contributed by atoms with van der Waals surface area (Å²) in [6.07, 6.45) is 4.30. The van der Waals surface area contributed by atoms with Crippen molar-refractivity contribution >= 4 is 34.6 Å². The molecule has 0 bridgehead atoms. The maximum Gasteiger partial charge on any atom is 0.227 e. The Balaban J connectivity index is 1.41. The molecule has 1 saturated carbocycles. The van der Waals surface area contributed by atoms with Gasteiger partial charge in [0, 0.05) is 29.0 Å². The third-order valence-electron chi connectivity index (χ3n) is 5.31. The first-order valence-electron chi connectivity index (χ1n) is 10.4. The van der Waals surface area contributed by atoms with Gasteiger partial charge in [-0.05, 0) is 63.1 Å². The van der Waals surface area contributed by atoms with Gasteiger partial charge in [-0.2, -0.15) is 0 Å². The fourth-order valence-corrected chi connectivity index (χ4v) is 3.70. The van der Waals surface area contributed by atoms with Crippen LogP contribution in [0.4, 0.5) is 28.7 Å². The molecule has 0 unspecified atom stereocenters. The smallest absolute Gasteiger partial charge is 0.227 e. The highest BCUT2D eigenvalue weighted by atomic mass is 16.1. The fraction of sp³-hybridized carbons (Fsp3) is 0.292. The van der Waals surface area contributed by atoms with Gasteiger partial charge in [0.2, 0.25) is 5.91 Å². The van der Waals surface area contributed by atoms with E-state index in [1.54, 1.807) is 0 Å². The van der Waals surface area contributed by atoms with Gasteiger partial charge in [-0.1, -0.05) is 30.5 Å². The van der Waals surface area contributed by atoms with E-state index in [2.05, 4.69) is 45.0 Å². The zero-order valence-corrected chi connectivity index (χ0v) is 17.4. The molecular formula is C24H27N5O. The van der Waals surface area contributed by atoms with Gasteiger partial charge >= 0.3 is 0 Å². The molecule has 6 nitrogen and oxygen atoms in total. The summed E-state index contributed by atoms with van der Waals surface area (Å²) in [5.41, 5.74) is 3.91. The van der Waals surface area contributed by atoms with E-state index in [0.29, 0.717) is 11.6 Å². The van der Waals surface area contributed by atoms with Crippen LogP contribution in [0.3, 0.4) is 0 Å². The van der Waals surface area contributed by atoms with E-state index in [4.69, 9.17) is 0 Å². The Morgan fingerprint density at radius 3 is 1.87 bits per heavy atom. The fourth-order valence-electron chi connectivity index (χ4n) is 3.70. The van der Waals surface area contributed by atoms with E-state index in [0.717, 1.165) is 48.6 Å². The predicted molar refractivity (Wildman–Crippen MR) is 122 cm³/mol. The lowest BCUT2D eigenvalue weighted by Gasteiger charge is -2.12. The van der Waals surface area contributed by atoms with Crippen LogP contribution in [0.15, 0.2) is 54.6 Å². The molecule has 1 aromatic heterocycles. The third kappa shape index (κ3) is 5.14. The van der Waals surface area contributed by atoms with Gasteiger partial charge in [-0.15, -0.1) is 0 Å². The molecule has 3 N–H and O–H groups in total. The molecule has 0 spiro atoms. The van der Waals surface area contributed by atoms with Gasteiger partial charge in [0.15, 0.2) is 0 Å². The lowest BCUT2D eigenvalue weighted by atomic mass is 10.1. The van der Waals surface area contributed by atoms with Gasteiger partial charge in [-0.25, -0.2) is 9.97 Å². The molecule has 1 fully saturated rings. The van der Waals surface area contributed by atoms with E-state index < -0.39 is 0 Å². The molecule has 2 aromatic carbocycles. The van der Waals surface area contributed by atoms with Crippen molar-refractivity contribution in [1.29, 1.82) is 0 Å². The lowest BCUT2D eigenvalue weighted by molar-refractivity contribution is -0.119. The second-order valence-corrected chi connectivity index (χ2v) is 7.85. The Morgan fingerprint density at radius 2 is 1.30 bits per heavy atom. The third-order valence-corrected chi connectivity index (χ3v) is 5.31. The second kappa shape index (κ2) is 8.95. The quantitative estimate of drug-likeness (QED) is 0.493. The number of hydrogen-bond acceptors (Lipinski definition) is 5. The zero-order valence-electron chi connectivity index (χ0n) is 17.4. The maximum absolute atomic E-state index is 12.3. The molecule has 0 saturated heterocycles. The summed E-state index contributed by atoms with van der Waals surface area (Å²) in [7, 11) is 0. The molecular weight excluding hydrogens is 374 g/mol. The van der Waals surface area contributed by atoms with Crippen molar-refractivity contribution < 1.29 is 4.79 Å². The number of hydrogen-bond donors (Lipinski definition) is 3. The number of nitrogens with zero attached hydrogens (tertiary/aromatic N) is 2. The molecule has 1 heterocycles. The average Bonchev–Trinajstić information content (AvgIpc) is 3.26. The molecule has 154 valence electrons. The van der Waals surface area contributed by atoms with Crippen molar-refractivity contribution in [3.8, 4) is 0 Å². The van der Waals surface area contributed by atoms with Crippen LogP contribution in [-0.4, -0.2) is 15.9 Å². The molecule has 1 aliphatic carbocycles. The molecule has 30 heavy (non-hydrogen) atoms. The molecule has 0 radical (unpaired) electrons. The first-order valence-corrected chi connectivity index (χ1v) is 10.4. The standard InChI is InChI=1S/C24H27N5O/c1-16-7-9-19(10-8-16)27-22-15-23(26-17(2)25-22)28-20-11-13-21(14-12-20)29-24(30)18-5-3-4-6-18/h7-15,18H,3-6H2,1-2H3,(H,29,30)(H2,25,26,27,28). The highest BCUT2D eigenvalue weighted by molar-refractivity contribution is 5.92. The Labute approximate surface area is 177 Å². The van der Waals surface area contributed by atoms with Crippen molar-refractivity contribution in [3.63, 3.8) is 0 Å². The Morgan fingerprint density at radius 1 is 0.800 bits per heavy atom. The predicted octanol–water partition coefficient (Wildman–Crippen LogP) is 5.71. The van der Waals surface area contributed by atoms with Crippen LogP contribution >= 0.6 is 0 Å². The summed E-state index contributed by atoms with van der Waals surface area (Å²) in [6.45, 7) is 3.93. The van der Waals surface area contributed by atoms with E-state index in [1.165, 1.54) is 5.56 Å². The van der Waals surface area contributed by atoms with E-state index >= 15 is 0 Å². The number of nitrogens with one attached hydrogen (secondary N) is 3. The summed E-state index contributed by atoms with van der Waals surface area (Å²) in [6, 6.07) is 17.7. The first-order chi connectivity index (χ1) is 14.5. The van der Waals surface area contributed by atoms with Crippen LogP contribution in [0.2, 0.25) is 0 Å². The molecule has 1 amide bonds. The summed E-state index contributed by atoms with van der Waals surface area (Å²) >= 11 is 0. The van der Waals surface area contributed by atoms with Gasteiger partial charge in [0.25, 0.3) is 0 Å². The first kappa shape index (κ1) is 19.9.